The molecule has 1 heterocycles. The lowest BCUT2D eigenvalue weighted by molar-refractivity contribution is 0.390. The fourth-order valence-corrected chi connectivity index (χ4v) is 1.93. The Balaban J connectivity index is 2.31. The van der Waals surface area contributed by atoms with Gasteiger partial charge >= 0.3 is 0 Å². The topological polar surface area (TPSA) is 17.8 Å². The van der Waals surface area contributed by atoms with E-state index in [0.29, 0.717) is 5.92 Å². The van der Waals surface area contributed by atoms with Gasteiger partial charge in [-0.3, -0.25) is 4.68 Å². The Hall–Kier alpha value is -0.500. The van der Waals surface area contributed by atoms with E-state index in [1.165, 1.54) is 25.0 Å². The van der Waals surface area contributed by atoms with Crippen molar-refractivity contribution in [2.75, 3.05) is 0 Å². The van der Waals surface area contributed by atoms with Gasteiger partial charge in [0.1, 0.15) is 6.20 Å². The second kappa shape index (κ2) is 3.09. The zero-order valence-electron chi connectivity index (χ0n) is 7.18. The molecule has 65 valence electrons. The van der Waals surface area contributed by atoms with E-state index >= 15 is 0 Å². The molecule has 3 heteroatoms. The summed E-state index contributed by atoms with van der Waals surface area (Å²) in [4.78, 5) is 0. The first kappa shape index (κ1) is 8.11. The molecule has 2 nitrogen and oxygen atoms in total. The van der Waals surface area contributed by atoms with E-state index in [0.717, 1.165) is 11.6 Å². The molecule has 0 atom stereocenters. The standard InChI is InChI=1S/C9H12ClN2/c1-2-12-9(7-4-3-5-7)8(10)6-11-12/h7H,2-5H2,1H3. The van der Waals surface area contributed by atoms with E-state index in [9.17, 15) is 0 Å². The highest BCUT2D eigenvalue weighted by molar-refractivity contribution is 6.31. The van der Waals surface area contributed by atoms with Crippen molar-refractivity contribution in [2.45, 2.75) is 38.6 Å². The van der Waals surface area contributed by atoms with Crippen molar-refractivity contribution in [1.82, 2.24) is 9.78 Å². The number of halogens is 1. The molecule has 0 spiro atoms. The van der Waals surface area contributed by atoms with Gasteiger partial charge in [0.05, 0.1) is 10.7 Å². The minimum absolute atomic E-state index is 0.649. The lowest BCUT2D eigenvalue weighted by Crippen LogP contribution is -2.14. The van der Waals surface area contributed by atoms with Crippen LogP contribution in [0.1, 0.15) is 37.8 Å². The van der Waals surface area contributed by atoms with E-state index in [-0.39, 0.29) is 0 Å². The first-order valence-corrected chi connectivity index (χ1v) is 4.84. The molecule has 0 saturated heterocycles. The van der Waals surface area contributed by atoms with E-state index in [2.05, 4.69) is 18.2 Å². The first-order chi connectivity index (χ1) is 5.83. The molecule has 1 aromatic heterocycles. The molecule has 0 N–H and O–H groups in total. The summed E-state index contributed by atoms with van der Waals surface area (Å²) in [6, 6.07) is 0. The van der Waals surface area contributed by atoms with Gasteiger partial charge in [0.2, 0.25) is 0 Å². The van der Waals surface area contributed by atoms with Gasteiger partial charge in [0.25, 0.3) is 0 Å². The van der Waals surface area contributed by atoms with Crippen molar-refractivity contribution in [2.24, 2.45) is 0 Å². The molecular formula is C9H12ClN2. The predicted molar refractivity (Wildman–Crippen MR) is 48.3 cm³/mol. The summed E-state index contributed by atoms with van der Waals surface area (Å²) in [7, 11) is 0. The number of nitrogens with zero attached hydrogens (tertiary/aromatic N) is 2. The summed E-state index contributed by atoms with van der Waals surface area (Å²) in [5.41, 5.74) is 1.20. The molecule has 1 aliphatic rings. The van der Waals surface area contributed by atoms with E-state index in [1.807, 2.05) is 4.68 Å². The van der Waals surface area contributed by atoms with Gasteiger partial charge in [-0.25, -0.2) is 0 Å². The molecule has 0 aromatic carbocycles. The molecule has 0 amide bonds. The van der Waals surface area contributed by atoms with Gasteiger partial charge in [0.15, 0.2) is 0 Å². The number of rotatable bonds is 2. The molecule has 12 heavy (non-hydrogen) atoms. The molecule has 0 unspecified atom stereocenters. The third-order valence-corrected chi connectivity index (χ3v) is 2.84. The Labute approximate surface area is 77.5 Å². The van der Waals surface area contributed by atoms with E-state index < -0.39 is 0 Å². The molecule has 1 radical (unpaired) electrons. The molecule has 0 bridgehead atoms. The number of aryl methyl sites for hydroxylation is 1. The maximum atomic E-state index is 5.99. The van der Waals surface area contributed by atoms with Gasteiger partial charge in [-0.15, -0.1) is 0 Å². The Bertz CT molecular complexity index is 276. The van der Waals surface area contributed by atoms with E-state index in [4.69, 9.17) is 11.6 Å². The van der Waals surface area contributed by atoms with Crippen molar-refractivity contribution < 1.29 is 0 Å². The van der Waals surface area contributed by atoms with Crippen LogP contribution in [-0.2, 0) is 6.54 Å². The average Bonchev–Trinajstić information content (AvgIpc) is 2.30. The van der Waals surface area contributed by atoms with Crippen LogP contribution in [-0.4, -0.2) is 9.78 Å². The zero-order valence-corrected chi connectivity index (χ0v) is 7.93. The second-order valence-corrected chi connectivity index (χ2v) is 3.63. The summed E-state index contributed by atoms with van der Waals surface area (Å²) in [5, 5.41) is 4.82. The van der Waals surface area contributed by atoms with Crippen LogP contribution in [0.25, 0.3) is 0 Å². The van der Waals surface area contributed by atoms with Gasteiger partial charge in [-0.2, -0.15) is 5.10 Å². The normalized spacial score (nSPS) is 17.8. The van der Waals surface area contributed by atoms with Crippen molar-refractivity contribution in [3.8, 4) is 0 Å². The lowest BCUT2D eigenvalue weighted by atomic mass is 9.83. The lowest BCUT2D eigenvalue weighted by Gasteiger charge is -2.26. The smallest absolute Gasteiger partial charge is 0.133 e. The van der Waals surface area contributed by atoms with Gasteiger partial charge in [-0.05, 0) is 19.8 Å². The third kappa shape index (κ3) is 1.14. The Morgan fingerprint density at radius 3 is 2.92 bits per heavy atom. The van der Waals surface area contributed by atoms with E-state index in [1.54, 1.807) is 0 Å². The number of aromatic nitrogens is 2. The van der Waals surface area contributed by atoms with Crippen molar-refractivity contribution in [1.29, 1.82) is 0 Å². The Morgan fingerprint density at radius 1 is 1.67 bits per heavy atom. The third-order valence-electron chi connectivity index (χ3n) is 2.56. The Kier molecular flexibility index (Phi) is 2.09. The van der Waals surface area contributed by atoms with Crippen LogP contribution >= 0.6 is 11.6 Å². The zero-order chi connectivity index (χ0) is 8.55. The number of hydrogen-bond donors (Lipinski definition) is 0. The van der Waals surface area contributed by atoms with Crippen molar-refractivity contribution in [3.05, 3.63) is 16.9 Å². The minimum atomic E-state index is 0.649. The van der Waals surface area contributed by atoms with Crippen LogP contribution < -0.4 is 0 Å². The molecule has 1 saturated carbocycles. The predicted octanol–water partition coefficient (Wildman–Crippen LogP) is 2.62. The first-order valence-electron chi connectivity index (χ1n) is 4.46. The van der Waals surface area contributed by atoms with Crippen LogP contribution in [0, 0.1) is 6.20 Å². The molecular weight excluding hydrogens is 172 g/mol. The fourth-order valence-electron chi connectivity index (χ4n) is 1.64. The quantitative estimate of drug-likeness (QED) is 0.689. The largest absolute Gasteiger partial charge is 0.267 e. The fraction of sp³-hybridized carbons (Fsp3) is 0.667. The van der Waals surface area contributed by atoms with Crippen LogP contribution in [0.3, 0.4) is 0 Å². The monoisotopic (exact) mass is 183 g/mol. The summed E-state index contributed by atoms with van der Waals surface area (Å²) in [5.74, 6) is 0.649. The highest BCUT2D eigenvalue weighted by Crippen LogP contribution is 2.39. The van der Waals surface area contributed by atoms with Crippen LogP contribution in [0.2, 0.25) is 5.02 Å². The van der Waals surface area contributed by atoms with Crippen molar-refractivity contribution >= 4 is 11.6 Å². The average molecular weight is 184 g/mol. The Morgan fingerprint density at radius 2 is 2.42 bits per heavy atom. The molecule has 1 aromatic rings. The van der Waals surface area contributed by atoms with Crippen LogP contribution in [0.15, 0.2) is 0 Å². The second-order valence-electron chi connectivity index (χ2n) is 3.25. The highest BCUT2D eigenvalue weighted by atomic mass is 35.5. The maximum absolute atomic E-state index is 5.99. The minimum Gasteiger partial charge on any atom is -0.267 e. The molecule has 2 rings (SSSR count). The van der Waals surface area contributed by atoms with Gasteiger partial charge in [0, 0.05) is 12.5 Å². The highest BCUT2D eigenvalue weighted by Gasteiger charge is 2.25. The summed E-state index contributed by atoms with van der Waals surface area (Å²) in [6.07, 6.45) is 6.67. The van der Waals surface area contributed by atoms with Crippen LogP contribution in [0.4, 0.5) is 0 Å². The number of hydrogen-bond acceptors (Lipinski definition) is 1. The maximum Gasteiger partial charge on any atom is 0.133 e. The summed E-state index contributed by atoms with van der Waals surface area (Å²) < 4.78 is 1.96. The van der Waals surface area contributed by atoms with Gasteiger partial charge < -0.3 is 0 Å². The molecule has 1 fully saturated rings. The summed E-state index contributed by atoms with van der Waals surface area (Å²) in [6.45, 7) is 2.98. The SMILES string of the molecule is CCn1n[c]c(Cl)c1C1CCC1. The molecule has 1 aliphatic carbocycles. The van der Waals surface area contributed by atoms with Gasteiger partial charge in [-0.1, -0.05) is 18.0 Å². The molecule has 0 aliphatic heterocycles. The summed E-state index contributed by atoms with van der Waals surface area (Å²) >= 11 is 5.99. The van der Waals surface area contributed by atoms with Crippen LogP contribution in [0.5, 0.6) is 0 Å². The van der Waals surface area contributed by atoms with Crippen molar-refractivity contribution in [3.63, 3.8) is 0 Å².